The number of alkyl halides is 1. The van der Waals surface area contributed by atoms with Crippen molar-refractivity contribution in [3.63, 3.8) is 0 Å². The Bertz CT molecular complexity index is 405. The van der Waals surface area contributed by atoms with Gasteiger partial charge < -0.3 is 5.32 Å². The number of benzene rings is 1. The summed E-state index contributed by atoms with van der Waals surface area (Å²) < 4.78 is 13.5. The van der Waals surface area contributed by atoms with Crippen LogP contribution >= 0.6 is 0 Å². The van der Waals surface area contributed by atoms with E-state index in [-0.39, 0.29) is 5.91 Å². The second kappa shape index (κ2) is 5.92. The van der Waals surface area contributed by atoms with Crippen LogP contribution in [-0.4, -0.2) is 18.1 Å². The SMILES string of the molecule is CC(=O)N[C@H](C)[C@@H](F)C#Cc1ccccc1. The highest BCUT2D eigenvalue weighted by molar-refractivity contribution is 5.73. The fourth-order valence-corrected chi connectivity index (χ4v) is 1.19. The number of nitrogens with one attached hydrogen (secondary N) is 1. The van der Waals surface area contributed by atoms with Gasteiger partial charge in [-0.1, -0.05) is 30.0 Å². The number of amides is 1. The molecule has 0 unspecified atom stereocenters. The molecule has 0 aliphatic rings. The van der Waals surface area contributed by atoms with Crippen molar-refractivity contribution in [2.45, 2.75) is 26.1 Å². The third-order valence-corrected chi connectivity index (χ3v) is 2.00. The number of carbonyl (C=O) groups excluding carboxylic acids is 1. The molecular weight excluding hydrogens is 205 g/mol. The van der Waals surface area contributed by atoms with E-state index >= 15 is 0 Å². The van der Waals surface area contributed by atoms with Gasteiger partial charge in [0.1, 0.15) is 0 Å². The first-order valence-electron chi connectivity index (χ1n) is 5.07. The fourth-order valence-electron chi connectivity index (χ4n) is 1.19. The number of carbonyl (C=O) groups is 1. The van der Waals surface area contributed by atoms with Gasteiger partial charge >= 0.3 is 0 Å². The molecule has 1 rings (SSSR count). The molecule has 84 valence electrons. The van der Waals surface area contributed by atoms with Crippen LogP contribution in [0.4, 0.5) is 4.39 Å². The fraction of sp³-hybridized carbons (Fsp3) is 0.308. The highest BCUT2D eigenvalue weighted by Crippen LogP contribution is 1.99. The van der Waals surface area contributed by atoms with Gasteiger partial charge in [0.25, 0.3) is 0 Å². The lowest BCUT2D eigenvalue weighted by Gasteiger charge is -2.12. The molecule has 1 aromatic carbocycles. The van der Waals surface area contributed by atoms with Crippen molar-refractivity contribution in [3.8, 4) is 11.8 Å². The van der Waals surface area contributed by atoms with Crippen LogP contribution in [0.25, 0.3) is 0 Å². The Balaban J connectivity index is 2.61. The zero-order chi connectivity index (χ0) is 12.0. The monoisotopic (exact) mass is 219 g/mol. The lowest BCUT2D eigenvalue weighted by Crippen LogP contribution is -2.37. The van der Waals surface area contributed by atoms with Gasteiger partial charge in [-0.15, -0.1) is 0 Å². The molecule has 3 heteroatoms. The molecule has 2 atom stereocenters. The molecule has 0 aliphatic carbocycles. The lowest BCUT2D eigenvalue weighted by atomic mass is 10.2. The van der Waals surface area contributed by atoms with Crippen LogP contribution in [0, 0.1) is 11.8 Å². The third kappa shape index (κ3) is 4.14. The minimum atomic E-state index is -1.36. The first-order chi connectivity index (χ1) is 7.59. The Hall–Kier alpha value is -1.82. The van der Waals surface area contributed by atoms with Crippen molar-refractivity contribution in [2.24, 2.45) is 0 Å². The number of halogens is 1. The number of hydrogen-bond acceptors (Lipinski definition) is 1. The Kier molecular flexibility index (Phi) is 4.53. The molecule has 1 aromatic rings. The summed E-state index contributed by atoms with van der Waals surface area (Å²) in [5.41, 5.74) is 0.764. The molecule has 0 aromatic heterocycles. The second-order valence-corrected chi connectivity index (χ2v) is 3.53. The van der Waals surface area contributed by atoms with Crippen LogP contribution in [0.1, 0.15) is 19.4 Å². The van der Waals surface area contributed by atoms with Gasteiger partial charge in [-0.05, 0) is 19.1 Å². The maximum atomic E-state index is 13.5. The molecular formula is C13H14FNO. The molecule has 2 nitrogen and oxygen atoms in total. The van der Waals surface area contributed by atoms with Crippen LogP contribution in [0.15, 0.2) is 30.3 Å². The largest absolute Gasteiger partial charge is 0.350 e. The smallest absolute Gasteiger partial charge is 0.217 e. The van der Waals surface area contributed by atoms with Crippen LogP contribution in [-0.2, 0) is 4.79 Å². The predicted molar refractivity (Wildman–Crippen MR) is 61.5 cm³/mol. The number of hydrogen-bond donors (Lipinski definition) is 1. The molecule has 0 aliphatic heterocycles. The normalized spacial score (nSPS) is 13.2. The van der Waals surface area contributed by atoms with Gasteiger partial charge in [-0.25, -0.2) is 4.39 Å². The van der Waals surface area contributed by atoms with Gasteiger partial charge in [0.15, 0.2) is 6.17 Å². The molecule has 0 saturated carbocycles. The van der Waals surface area contributed by atoms with E-state index in [1.54, 1.807) is 6.92 Å². The van der Waals surface area contributed by atoms with Crippen LogP contribution in [0.2, 0.25) is 0 Å². The quantitative estimate of drug-likeness (QED) is 0.756. The van der Waals surface area contributed by atoms with Crippen molar-refractivity contribution >= 4 is 5.91 Å². The predicted octanol–water partition coefficient (Wildman–Crippen LogP) is 1.90. The minimum absolute atomic E-state index is 0.253. The summed E-state index contributed by atoms with van der Waals surface area (Å²) in [5.74, 6) is 4.94. The Morgan fingerprint density at radius 1 is 1.38 bits per heavy atom. The Morgan fingerprint density at radius 2 is 2.00 bits per heavy atom. The maximum absolute atomic E-state index is 13.5. The van der Waals surface area contributed by atoms with Gasteiger partial charge in [0, 0.05) is 12.5 Å². The van der Waals surface area contributed by atoms with E-state index in [0.717, 1.165) is 5.56 Å². The molecule has 0 bridgehead atoms. The Labute approximate surface area is 94.9 Å². The summed E-state index contributed by atoms with van der Waals surface area (Å²) in [6.45, 7) is 2.94. The summed E-state index contributed by atoms with van der Waals surface area (Å²) in [6, 6.07) is 8.58. The summed E-state index contributed by atoms with van der Waals surface area (Å²) in [5, 5.41) is 2.46. The first kappa shape index (κ1) is 12.3. The first-order valence-corrected chi connectivity index (χ1v) is 5.07. The third-order valence-electron chi connectivity index (χ3n) is 2.00. The van der Waals surface area contributed by atoms with Gasteiger partial charge in [0.2, 0.25) is 5.91 Å². The highest BCUT2D eigenvalue weighted by Gasteiger charge is 2.13. The van der Waals surface area contributed by atoms with Gasteiger partial charge in [0.05, 0.1) is 6.04 Å². The van der Waals surface area contributed by atoms with E-state index in [1.807, 2.05) is 30.3 Å². The van der Waals surface area contributed by atoms with Crippen molar-refractivity contribution in [3.05, 3.63) is 35.9 Å². The van der Waals surface area contributed by atoms with Gasteiger partial charge in [-0.3, -0.25) is 4.79 Å². The zero-order valence-electron chi connectivity index (χ0n) is 9.33. The second-order valence-electron chi connectivity index (χ2n) is 3.53. The summed E-state index contributed by atoms with van der Waals surface area (Å²) in [4.78, 5) is 10.7. The summed E-state index contributed by atoms with van der Waals surface area (Å²) in [7, 11) is 0. The molecule has 16 heavy (non-hydrogen) atoms. The van der Waals surface area contributed by atoms with E-state index in [1.165, 1.54) is 6.92 Å². The lowest BCUT2D eigenvalue weighted by molar-refractivity contribution is -0.119. The summed E-state index contributed by atoms with van der Waals surface area (Å²) in [6.07, 6.45) is -1.36. The van der Waals surface area contributed by atoms with E-state index in [0.29, 0.717) is 0 Å². The molecule has 0 heterocycles. The van der Waals surface area contributed by atoms with E-state index in [2.05, 4.69) is 17.2 Å². The molecule has 0 fully saturated rings. The number of rotatable bonds is 2. The van der Waals surface area contributed by atoms with Crippen LogP contribution in [0.3, 0.4) is 0 Å². The standard InChI is InChI=1S/C13H14FNO/c1-10(15-11(2)16)13(14)9-8-12-6-4-3-5-7-12/h3-7,10,13H,1-2H3,(H,15,16)/t10-,13+/m1/s1. The molecule has 0 spiro atoms. The van der Waals surface area contributed by atoms with Crippen molar-refractivity contribution in [1.29, 1.82) is 0 Å². The van der Waals surface area contributed by atoms with Crippen molar-refractivity contribution in [2.75, 3.05) is 0 Å². The van der Waals surface area contributed by atoms with E-state index in [9.17, 15) is 9.18 Å². The molecule has 1 amide bonds. The topological polar surface area (TPSA) is 29.1 Å². The molecule has 1 N–H and O–H groups in total. The Morgan fingerprint density at radius 3 is 2.56 bits per heavy atom. The van der Waals surface area contributed by atoms with Gasteiger partial charge in [-0.2, -0.15) is 0 Å². The molecule has 0 radical (unpaired) electrons. The maximum Gasteiger partial charge on any atom is 0.217 e. The summed E-state index contributed by atoms with van der Waals surface area (Å²) >= 11 is 0. The van der Waals surface area contributed by atoms with Crippen molar-refractivity contribution in [1.82, 2.24) is 5.32 Å². The molecule has 0 saturated heterocycles. The zero-order valence-corrected chi connectivity index (χ0v) is 9.33. The highest BCUT2D eigenvalue weighted by atomic mass is 19.1. The van der Waals surface area contributed by atoms with Crippen molar-refractivity contribution < 1.29 is 9.18 Å². The van der Waals surface area contributed by atoms with Crippen LogP contribution in [0.5, 0.6) is 0 Å². The minimum Gasteiger partial charge on any atom is -0.350 e. The van der Waals surface area contributed by atoms with Crippen LogP contribution < -0.4 is 5.32 Å². The van der Waals surface area contributed by atoms with E-state index in [4.69, 9.17) is 0 Å². The average Bonchev–Trinajstić information content (AvgIpc) is 2.26. The average molecular weight is 219 g/mol. The van der Waals surface area contributed by atoms with E-state index < -0.39 is 12.2 Å².